The summed E-state index contributed by atoms with van der Waals surface area (Å²) in [7, 11) is 1.66. The van der Waals surface area contributed by atoms with Gasteiger partial charge in [0.1, 0.15) is 11.6 Å². The van der Waals surface area contributed by atoms with Gasteiger partial charge in [0.25, 0.3) is 0 Å². The Bertz CT molecular complexity index is 982. The molecule has 0 aliphatic carbocycles. The van der Waals surface area contributed by atoms with Crippen molar-refractivity contribution in [1.29, 1.82) is 0 Å². The van der Waals surface area contributed by atoms with E-state index in [1.165, 1.54) is 6.07 Å². The monoisotopic (exact) mass is 424 g/mol. The van der Waals surface area contributed by atoms with Crippen LogP contribution in [0.1, 0.15) is 31.3 Å². The Balaban J connectivity index is 1.49. The molecular formula is C23H29FN6O. The predicted molar refractivity (Wildman–Crippen MR) is 118 cm³/mol. The van der Waals surface area contributed by atoms with Gasteiger partial charge in [-0.3, -0.25) is 4.90 Å². The van der Waals surface area contributed by atoms with E-state index in [1.807, 2.05) is 41.1 Å². The minimum Gasteiger partial charge on any atom is -0.497 e. The van der Waals surface area contributed by atoms with Crippen LogP contribution >= 0.6 is 0 Å². The molecule has 1 fully saturated rings. The van der Waals surface area contributed by atoms with Crippen LogP contribution in [0.4, 0.5) is 10.1 Å². The highest BCUT2D eigenvalue weighted by molar-refractivity contribution is 5.48. The molecule has 0 saturated carbocycles. The maximum atomic E-state index is 14.2. The van der Waals surface area contributed by atoms with Crippen LogP contribution in [0.3, 0.4) is 0 Å². The number of tetrazole rings is 1. The van der Waals surface area contributed by atoms with Crippen molar-refractivity contribution in [1.82, 2.24) is 25.1 Å². The van der Waals surface area contributed by atoms with E-state index in [2.05, 4.69) is 39.2 Å². The summed E-state index contributed by atoms with van der Waals surface area (Å²) in [6.07, 6.45) is 0. The van der Waals surface area contributed by atoms with Gasteiger partial charge in [-0.15, -0.1) is 5.10 Å². The number of halogens is 1. The lowest BCUT2D eigenvalue weighted by atomic mass is 10.0. The van der Waals surface area contributed by atoms with Gasteiger partial charge in [0, 0.05) is 26.2 Å². The number of hydrogen-bond donors (Lipinski definition) is 0. The molecule has 0 amide bonds. The smallest absolute Gasteiger partial charge is 0.169 e. The normalized spacial score (nSPS) is 16.0. The number of methoxy groups -OCH3 is 1. The Morgan fingerprint density at radius 2 is 1.71 bits per heavy atom. The molecule has 0 bridgehead atoms. The van der Waals surface area contributed by atoms with Gasteiger partial charge in [-0.1, -0.05) is 38.1 Å². The van der Waals surface area contributed by atoms with Crippen LogP contribution in [0.2, 0.25) is 0 Å². The van der Waals surface area contributed by atoms with Crippen LogP contribution < -0.4 is 9.64 Å². The molecular weight excluding hydrogens is 395 g/mol. The zero-order valence-electron chi connectivity index (χ0n) is 18.3. The molecule has 1 aromatic heterocycles. The number of hydrogen-bond acceptors (Lipinski definition) is 6. The Labute approximate surface area is 182 Å². The fourth-order valence-corrected chi connectivity index (χ4v) is 4.27. The zero-order chi connectivity index (χ0) is 21.8. The lowest BCUT2D eigenvalue weighted by molar-refractivity contribution is 0.135. The summed E-state index contributed by atoms with van der Waals surface area (Å²) in [6.45, 7) is 8.18. The standard InChI is InChI=1S/C23H29FN6O/c1-17(2)22(29-14-12-28(13-15-29)21-7-5-4-6-20(21)24)23-25-26-27-30(23)16-18-8-10-19(31-3)11-9-18/h4-11,17,22H,12-16H2,1-3H3/t22-/m1/s1. The van der Waals surface area contributed by atoms with Gasteiger partial charge in [-0.25, -0.2) is 9.07 Å². The summed E-state index contributed by atoms with van der Waals surface area (Å²) in [4.78, 5) is 4.53. The SMILES string of the molecule is COc1ccc(Cn2nnnc2[C@@H](C(C)C)N2CCN(c3ccccc3F)CC2)cc1. The number of aromatic nitrogens is 4. The van der Waals surface area contributed by atoms with E-state index in [4.69, 9.17) is 4.74 Å². The van der Waals surface area contributed by atoms with E-state index in [0.29, 0.717) is 18.2 Å². The van der Waals surface area contributed by atoms with Gasteiger partial charge < -0.3 is 9.64 Å². The first kappa shape index (κ1) is 21.2. The quantitative estimate of drug-likeness (QED) is 0.580. The van der Waals surface area contributed by atoms with Crippen LogP contribution in [0, 0.1) is 11.7 Å². The van der Waals surface area contributed by atoms with Crippen LogP contribution in [0.25, 0.3) is 0 Å². The van der Waals surface area contributed by atoms with E-state index >= 15 is 0 Å². The van der Waals surface area contributed by atoms with Crippen molar-refractivity contribution in [2.75, 3.05) is 38.2 Å². The molecule has 0 radical (unpaired) electrons. The van der Waals surface area contributed by atoms with Gasteiger partial charge in [-0.05, 0) is 46.2 Å². The molecule has 4 rings (SSSR count). The van der Waals surface area contributed by atoms with Crippen molar-refractivity contribution in [2.24, 2.45) is 5.92 Å². The number of piperazine rings is 1. The van der Waals surface area contributed by atoms with E-state index in [-0.39, 0.29) is 11.9 Å². The average molecular weight is 425 g/mol. The molecule has 1 saturated heterocycles. The molecule has 0 N–H and O–H groups in total. The van der Waals surface area contributed by atoms with Gasteiger partial charge in [-0.2, -0.15) is 0 Å². The van der Waals surface area contributed by atoms with Crippen molar-refractivity contribution in [3.63, 3.8) is 0 Å². The average Bonchev–Trinajstić information content (AvgIpc) is 3.22. The Morgan fingerprint density at radius 1 is 1.00 bits per heavy atom. The van der Waals surface area contributed by atoms with E-state index in [1.54, 1.807) is 13.2 Å². The third-order valence-electron chi connectivity index (χ3n) is 5.85. The second-order valence-electron chi connectivity index (χ2n) is 8.21. The molecule has 0 spiro atoms. The summed E-state index contributed by atoms with van der Waals surface area (Å²) >= 11 is 0. The van der Waals surface area contributed by atoms with Gasteiger partial charge >= 0.3 is 0 Å². The minimum absolute atomic E-state index is 0.0935. The van der Waals surface area contributed by atoms with Gasteiger partial charge in [0.05, 0.1) is 25.4 Å². The first-order chi connectivity index (χ1) is 15.1. The second-order valence-corrected chi connectivity index (χ2v) is 8.21. The van der Waals surface area contributed by atoms with Gasteiger partial charge in [0.2, 0.25) is 0 Å². The molecule has 164 valence electrons. The first-order valence-electron chi connectivity index (χ1n) is 10.7. The summed E-state index contributed by atoms with van der Waals surface area (Å²) in [5, 5.41) is 12.6. The molecule has 1 aliphatic rings. The number of benzene rings is 2. The Kier molecular flexibility index (Phi) is 6.46. The zero-order valence-corrected chi connectivity index (χ0v) is 18.3. The minimum atomic E-state index is -0.167. The highest BCUT2D eigenvalue weighted by Gasteiger charge is 2.32. The summed E-state index contributed by atoms with van der Waals surface area (Å²) in [5.41, 5.74) is 1.79. The lowest BCUT2D eigenvalue weighted by Gasteiger charge is -2.41. The highest BCUT2D eigenvalue weighted by atomic mass is 19.1. The van der Waals surface area contributed by atoms with Gasteiger partial charge in [0.15, 0.2) is 5.82 Å². The van der Waals surface area contributed by atoms with E-state index < -0.39 is 0 Å². The Hall–Kier alpha value is -3.00. The third kappa shape index (κ3) is 4.69. The van der Waals surface area contributed by atoms with Crippen LogP contribution in [-0.4, -0.2) is 58.4 Å². The summed E-state index contributed by atoms with van der Waals surface area (Å²) in [5.74, 6) is 1.86. The number of rotatable bonds is 7. The largest absolute Gasteiger partial charge is 0.497 e. The van der Waals surface area contributed by atoms with Crippen molar-refractivity contribution in [3.8, 4) is 5.75 Å². The van der Waals surface area contributed by atoms with Crippen molar-refractivity contribution >= 4 is 5.69 Å². The number of anilines is 1. The van der Waals surface area contributed by atoms with Crippen molar-refractivity contribution < 1.29 is 9.13 Å². The molecule has 0 unspecified atom stereocenters. The highest BCUT2D eigenvalue weighted by Crippen LogP contribution is 2.30. The maximum absolute atomic E-state index is 14.2. The fraction of sp³-hybridized carbons (Fsp3) is 0.435. The third-order valence-corrected chi connectivity index (χ3v) is 5.85. The summed E-state index contributed by atoms with van der Waals surface area (Å²) < 4.78 is 21.3. The van der Waals surface area contributed by atoms with Crippen LogP contribution in [-0.2, 0) is 6.54 Å². The molecule has 2 aromatic carbocycles. The first-order valence-corrected chi connectivity index (χ1v) is 10.7. The second kappa shape index (κ2) is 9.43. The Morgan fingerprint density at radius 3 is 2.35 bits per heavy atom. The predicted octanol–water partition coefficient (Wildman–Crippen LogP) is 3.39. The molecule has 7 nitrogen and oxygen atoms in total. The molecule has 1 atom stereocenters. The molecule has 2 heterocycles. The van der Waals surface area contributed by atoms with Crippen LogP contribution in [0.5, 0.6) is 5.75 Å². The van der Waals surface area contributed by atoms with Crippen molar-refractivity contribution in [2.45, 2.75) is 26.4 Å². The number of para-hydroxylation sites is 1. The van der Waals surface area contributed by atoms with E-state index in [0.717, 1.165) is 43.3 Å². The van der Waals surface area contributed by atoms with Crippen molar-refractivity contribution in [3.05, 3.63) is 65.7 Å². The number of ether oxygens (including phenoxy) is 1. The topological polar surface area (TPSA) is 59.3 Å². The summed E-state index contributed by atoms with van der Waals surface area (Å²) in [6, 6.07) is 15.0. The molecule has 31 heavy (non-hydrogen) atoms. The molecule has 3 aromatic rings. The molecule has 8 heteroatoms. The lowest BCUT2D eigenvalue weighted by Crippen LogP contribution is -2.49. The molecule has 1 aliphatic heterocycles. The number of nitrogens with zero attached hydrogens (tertiary/aromatic N) is 6. The van der Waals surface area contributed by atoms with Crippen LogP contribution in [0.15, 0.2) is 48.5 Å². The maximum Gasteiger partial charge on any atom is 0.169 e. The van der Waals surface area contributed by atoms with E-state index in [9.17, 15) is 4.39 Å². The fourth-order valence-electron chi connectivity index (χ4n) is 4.27.